The lowest BCUT2D eigenvalue weighted by atomic mass is 10.3. The number of rotatable bonds is 6. The van der Waals surface area contributed by atoms with Gasteiger partial charge in [-0.3, -0.25) is 14.8 Å². The normalized spacial score (nSPS) is 11.3. The van der Waals surface area contributed by atoms with Gasteiger partial charge in [0.1, 0.15) is 5.82 Å². The van der Waals surface area contributed by atoms with Gasteiger partial charge in [0, 0.05) is 17.8 Å². The molecule has 11 heteroatoms. The van der Waals surface area contributed by atoms with E-state index in [4.69, 9.17) is 0 Å². The minimum Gasteiger partial charge on any atom is -0.337 e. The van der Waals surface area contributed by atoms with Crippen molar-refractivity contribution in [2.45, 2.75) is 4.90 Å². The summed E-state index contributed by atoms with van der Waals surface area (Å²) in [6, 6.07) is 17.0. The molecule has 0 spiro atoms. The quantitative estimate of drug-likeness (QED) is 0.340. The van der Waals surface area contributed by atoms with Gasteiger partial charge in [0.2, 0.25) is 0 Å². The highest BCUT2D eigenvalue weighted by molar-refractivity contribution is 7.92. The Kier molecular flexibility index (Phi) is 5.17. The molecule has 0 bridgehead atoms. The predicted octanol–water partition coefficient (Wildman–Crippen LogP) is 4.22. The molecule has 4 aromatic rings. The first-order valence-electron chi connectivity index (χ1n) is 8.88. The van der Waals surface area contributed by atoms with Gasteiger partial charge >= 0.3 is 0 Å². The molecule has 0 aliphatic carbocycles. The van der Waals surface area contributed by atoms with Gasteiger partial charge in [-0.2, -0.15) is 0 Å². The molecule has 3 aromatic carbocycles. The standard InChI is InChI=1S/C20H14FN5O4S/c21-13-5-3-6-14(11-13)22-19-20(24-18-10-2-1-9-17(18)23-19)25-31(29,30)16-8-4-7-15(12-16)26(27)28/h1-12H,(H,22,23)(H,24,25). The van der Waals surface area contributed by atoms with Crippen LogP contribution in [0.1, 0.15) is 0 Å². The van der Waals surface area contributed by atoms with Crippen LogP contribution >= 0.6 is 0 Å². The highest BCUT2D eigenvalue weighted by atomic mass is 32.2. The first kappa shape index (κ1) is 20.2. The first-order chi connectivity index (χ1) is 14.8. The van der Waals surface area contributed by atoms with E-state index in [1.54, 1.807) is 30.3 Å². The highest BCUT2D eigenvalue weighted by Gasteiger charge is 2.21. The highest BCUT2D eigenvalue weighted by Crippen LogP contribution is 2.28. The maximum atomic E-state index is 13.6. The second kappa shape index (κ2) is 7.95. The minimum atomic E-state index is -4.23. The molecule has 9 nitrogen and oxygen atoms in total. The van der Waals surface area contributed by atoms with Crippen LogP contribution in [0, 0.1) is 15.9 Å². The molecule has 0 aliphatic heterocycles. The van der Waals surface area contributed by atoms with E-state index in [1.807, 2.05) is 0 Å². The number of nitro groups is 1. The fourth-order valence-corrected chi connectivity index (χ4v) is 3.86. The lowest BCUT2D eigenvalue weighted by Crippen LogP contribution is -2.16. The van der Waals surface area contributed by atoms with Gasteiger partial charge in [0.25, 0.3) is 15.7 Å². The van der Waals surface area contributed by atoms with E-state index in [0.29, 0.717) is 16.7 Å². The molecule has 0 saturated carbocycles. The molecular weight excluding hydrogens is 425 g/mol. The number of nitrogens with zero attached hydrogens (tertiary/aromatic N) is 3. The van der Waals surface area contributed by atoms with E-state index in [0.717, 1.165) is 6.07 Å². The summed E-state index contributed by atoms with van der Waals surface area (Å²) in [4.78, 5) is 18.7. The molecule has 0 atom stereocenters. The maximum Gasteiger partial charge on any atom is 0.270 e. The lowest BCUT2D eigenvalue weighted by molar-refractivity contribution is -0.385. The van der Waals surface area contributed by atoms with Crippen molar-refractivity contribution in [3.63, 3.8) is 0 Å². The monoisotopic (exact) mass is 439 g/mol. The average Bonchev–Trinajstić information content (AvgIpc) is 2.74. The van der Waals surface area contributed by atoms with E-state index in [1.165, 1.54) is 36.4 Å². The van der Waals surface area contributed by atoms with Crippen LogP contribution in [0.15, 0.2) is 77.7 Å². The summed E-state index contributed by atoms with van der Waals surface area (Å²) in [5.41, 5.74) is 0.870. The van der Waals surface area contributed by atoms with Crippen LogP contribution in [0.25, 0.3) is 11.0 Å². The Bertz CT molecular complexity index is 1410. The smallest absolute Gasteiger partial charge is 0.270 e. The number of hydrogen-bond acceptors (Lipinski definition) is 7. The van der Waals surface area contributed by atoms with Crippen LogP contribution in [0.4, 0.5) is 27.4 Å². The molecule has 4 rings (SSSR count). The Morgan fingerprint density at radius 2 is 1.55 bits per heavy atom. The summed E-state index contributed by atoms with van der Waals surface area (Å²) in [7, 11) is -4.23. The second-order valence-electron chi connectivity index (χ2n) is 6.40. The summed E-state index contributed by atoms with van der Waals surface area (Å²) >= 11 is 0. The first-order valence-corrected chi connectivity index (χ1v) is 10.4. The van der Waals surface area contributed by atoms with Gasteiger partial charge in [-0.25, -0.2) is 22.8 Å². The summed E-state index contributed by atoms with van der Waals surface area (Å²) in [5.74, 6) is -0.592. The van der Waals surface area contributed by atoms with Gasteiger partial charge in [0.15, 0.2) is 11.6 Å². The van der Waals surface area contributed by atoms with Crippen LogP contribution < -0.4 is 10.0 Å². The topological polar surface area (TPSA) is 127 Å². The van der Waals surface area contributed by atoms with Gasteiger partial charge in [0.05, 0.1) is 20.9 Å². The largest absolute Gasteiger partial charge is 0.337 e. The van der Waals surface area contributed by atoms with Crippen molar-refractivity contribution >= 4 is 44.1 Å². The molecule has 0 unspecified atom stereocenters. The number of aromatic nitrogens is 2. The Labute approximate surface area is 175 Å². The Morgan fingerprint density at radius 1 is 0.871 bits per heavy atom. The van der Waals surface area contributed by atoms with Crippen LogP contribution in [0.5, 0.6) is 0 Å². The molecule has 0 saturated heterocycles. The molecule has 0 fully saturated rings. The lowest BCUT2D eigenvalue weighted by Gasteiger charge is -2.14. The van der Waals surface area contributed by atoms with Crippen LogP contribution in [0.2, 0.25) is 0 Å². The van der Waals surface area contributed by atoms with Gasteiger partial charge in [-0.1, -0.05) is 24.3 Å². The Morgan fingerprint density at radius 3 is 2.23 bits per heavy atom. The summed E-state index contributed by atoms with van der Waals surface area (Å²) in [5, 5.41) is 13.9. The van der Waals surface area contributed by atoms with Crippen molar-refractivity contribution in [3.05, 3.63) is 88.7 Å². The third-order valence-corrected chi connectivity index (χ3v) is 5.56. The third kappa shape index (κ3) is 4.41. The number of anilines is 3. The zero-order chi connectivity index (χ0) is 22.0. The van der Waals surface area contributed by atoms with Crippen molar-refractivity contribution in [2.75, 3.05) is 10.0 Å². The number of sulfonamides is 1. The number of para-hydroxylation sites is 2. The summed E-state index contributed by atoms with van der Waals surface area (Å²) in [6.45, 7) is 0. The van der Waals surface area contributed by atoms with E-state index < -0.39 is 20.8 Å². The molecule has 1 aromatic heterocycles. The number of nitrogens with one attached hydrogen (secondary N) is 2. The van der Waals surface area contributed by atoms with Crippen LogP contribution in [-0.2, 0) is 10.0 Å². The zero-order valence-corrected chi connectivity index (χ0v) is 16.5. The van der Waals surface area contributed by atoms with Crippen molar-refractivity contribution in [3.8, 4) is 0 Å². The van der Waals surface area contributed by atoms with Crippen LogP contribution in [-0.4, -0.2) is 23.3 Å². The SMILES string of the molecule is O=[N+]([O-])c1cccc(S(=O)(=O)Nc2nc3ccccc3nc2Nc2cccc(F)c2)c1. The predicted molar refractivity (Wildman–Crippen MR) is 113 cm³/mol. The third-order valence-electron chi connectivity index (χ3n) is 4.23. The number of benzene rings is 3. The Balaban J connectivity index is 1.78. The van der Waals surface area contributed by atoms with Gasteiger partial charge in [-0.05, 0) is 36.4 Å². The molecule has 156 valence electrons. The van der Waals surface area contributed by atoms with E-state index in [-0.39, 0.29) is 22.2 Å². The average molecular weight is 439 g/mol. The summed E-state index contributed by atoms with van der Waals surface area (Å²) in [6.07, 6.45) is 0. The molecule has 0 aliphatic rings. The molecular formula is C20H14FN5O4S. The maximum absolute atomic E-state index is 13.6. The van der Waals surface area contributed by atoms with Crippen molar-refractivity contribution in [1.82, 2.24) is 9.97 Å². The molecule has 0 amide bonds. The number of halogens is 1. The van der Waals surface area contributed by atoms with E-state index >= 15 is 0 Å². The number of hydrogen-bond donors (Lipinski definition) is 2. The second-order valence-corrected chi connectivity index (χ2v) is 8.09. The van der Waals surface area contributed by atoms with E-state index in [2.05, 4.69) is 20.0 Å². The number of non-ortho nitro benzene ring substituents is 1. The Hall–Kier alpha value is -4.12. The summed E-state index contributed by atoms with van der Waals surface area (Å²) < 4.78 is 41.7. The number of fused-ring (bicyclic) bond motifs is 1. The van der Waals surface area contributed by atoms with Crippen molar-refractivity contribution in [1.29, 1.82) is 0 Å². The fourth-order valence-electron chi connectivity index (χ4n) is 2.81. The molecule has 0 radical (unpaired) electrons. The van der Waals surface area contributed by atoms with Gasteiger partial charge < -0.3 is 5.32 Å². The molecule has 31 heavy (non-hydrogen) atoms. The van der Waals surface area contributed by atoms with Crippen molar-refractivity contribution in [2.24, 2.45) is 0 Å². The molecule has 2 N–H and O–H groups in total. The van der Waals surface area contributed by atoms with Crippen LogP contribution in [0.3, 0.4) is 0 Å². The zero-order valence-electron chi connectivity index (χ0n) is 15.7. The van der Waals surface area contributed by atoms with E-state index in [9.17, 15) is 22.9 Å². The minimum absolute atomic E-state index is 0.0401. The number of nitro benzene ring substituents is 1. The van der Waals surface area contributed by atoms with Crippen molar-refractivity contribution < 1.29 is 17.7 Å². The molecule has 1 heterocycles. The van der Waals surface area contributed by atoms with Gasteiger partial charge in [-0.15, -0.1) is 0 Å². The fraction of sp³-hybridized carbons (Fsp3) is 0.